The smallest absolute Gasteiger partial charge is 0.316 e. The van der Waals surface area contributed by atoms with Crippen LogP contribution in [-0.2, 0) is 0 Å². The van der Waals surface area contributed by atoms with Crippen molar-refractivity contribution in [1.29, 1.82) is 0 Å². The Morgan fingerprint density at radius 2 is 2.05 bits per heavy atom. The lowest BCUT2D eigenvalue weighted by molar-refractivity contribution is 0.381. The van der Waals surface area contributed by atoms with E-state index in [2.05, 4.69) is 39.2 Å². The molecule has 0 unspecified atom stereocenters. The highest BCUT2D eigenvalue weighted by atomic mass is 16.5. The highest BCUT2D eigenvalue weighted by Gasteiger charge is 2.15. The van der Waals surface area contributed by atoms with Crippen LogP contribution in [0.3, 0.4) is 0 Å². The van der Waals surface area contributed by atoms with Crippen molar-refractivity contribution in [2.45, 2.75) is 6.92 Å². The second kappa shape index (κ2) is 5.01. The first-order valence-electron chi connectivity index (χ1n) is 6.55. The molecule has 1 N–H and O–H groups in total. The summed E-state index contributed by atoms with van der Waals surface area (Å²) in [5, 5.41) is 4.47. The molecule has 1 saturated heterocycles. The molecule has 2 aromatic rings. The zero-order valence-corrected chi connectivity index (χ0v) is 11.3. The van der Waals surface area contributed by atoms with E-state index in [1.54, 1.807) is 7.11 Å². The molecule has 0 atom stereocenters. The molecule has 19 heavy (non-hydrogen) atoms. The van der Waals surface area contributed by atoms with Crippen molar-refractivity contribution < 1.29 is 4.74 Å². The Hall–Kier alpha value is -1.88. The van der Waals surface area contributed by atoms with E-state index < -0.39 is 0 Å². The van der Waals surface area contributed by atoms with E-state index in [1.807, 2.05) is 6.20 Å². The van der Waals surface area contributed by atoms with Gasteiger partial charge in [-0.3, -0.25) is 0 Å². The van der Waals surface area contributed by atoms with Gasteiger partial charge in [0, 0.05) is 43.4 Å². The summed E-state index contributed by atoms with van der Waals surface area (Å²) in [5.41, 5.74) is 3.34. The largest absolute Gasteiger partial charge is 0.467 e. The number of aryl methyl sites for hydroxylation is 1. The highest BCUT2D eigenvalue weighted by Crippen LogP contribution is 2.28. The van der Waals surface area contributed by atoms with E-state index in [1.165, 1.54) is 5.69 Å². The SMILES string of the molecule is COc1ncc2c(N3CCNCC3)ccc(C)c2n1. The average molecular weight is 258 g/mol. The Morgan fingerprint density at radius 3 is 2.79 bits per heavy atom. The lowest BCUT2D eigenvalue weighted by atomic mass is 10.1. The van der Waals surface area contributed by atoms with Gasteiger partial charge in [-0.1, -0.05) is 6.07 Å². The van der Waals surface area contributed by atoms with Gasteiger partial charge in [-0.2, -0.15) is 4.98 Å². The molecule has 100 valence electrons. The number of hydrogen-bond donors (Lipinski definition) is 1. The minimum absolute atomic E-state index is 0.424. The fraction of sp³-hybridized carbons (Fsp3) is 0.429. The number of nitrogens with zero attached hydrogens (tertiary/aromatic N) is 3. The minimum Gasteiger partial charge on any atom is -0.467 e. The van der Waals surface area contributed by atoms with Gasteiger partial charge >= 0.3 is 6.01 Å². The molecule has 1 aliphatic heterocycles. The van der Waals surface area contributed by atoms with Crippen molar-refractivity contribution in [3.05, 3.63) is 23.9 Å². The fourth-order valence-corrected chi connectivity index (χ4v) is 2.51. The first-order chi connectivity index (χ1) is 9.29. The maximum Gasteiger partial charge on any atom is 0.316 e. The van der Waals surface area contributed by atoms with Gasteiger partial charge < -0.3 is 15.0 Å². The normalized spacial score (nSPS) is 15.8. The topological polar surface area (TPSA) is 50.3 Å². The molecule has 0 radical (unpaired) electrons. The van der Waals surface area contributed by atoms with Crippen LogP contribution in [0.2, 0.25) is 0 Å². The second-order valence-electron chi connectivity index (χ2n) is 4.76. The molecule has 0 amide bonds. The Morgan fingerprint density at radius 1 is 1.26 bits per heavy atom. The van der Waals surface area contributed by atoms with Gasteiger partial charge in [0.05, 0.1) is 12.6 Å². The number of piperazine rings is 1. The van der Waals surface area contributed by atoms with E-state index in [-0.39, 0.29) is 0 Å². The average Bonchev–Trinajstić information content (AvgIpc) is 2.48. The quantitative estimate of drug-likeness (QED) is 0.881. The summed E-state index contributed by atoms with van der Waals surface area (Å²) in [6, 6.07) is 4.71. The van der Waals surface area contributed by atoms with Gasteiger partial charge in [0.15, 0.2) is 0 Å². The van der Waals surface area contributed by atoms with Crippen LogP contribution in [-0.4, -0.2) is 43.3 Å². The lowest BCUT2D eigenvalue weighted by Crippen LogP contribution is -2.43. The summed E-state index contributed by atoms with van der Waals surface area (Å²) in [6.45, 7) is 6.14. The van der Waals surface area contributed by atoms with Crippen molar-refractivity contribution in [2.24, 2.45) is 0 Å². The summed E-state index contributed by atoms with van der Waals surface area (Å²) < 4.78 is 5.12. The number of rotatable bonds is 2. The van der Waals surface area contributed by atoms with Gasteiger partial charge in [-0.05, 0) is 18.6 Å². The molecule has 1 fully saturated rings. The number of benzene rings is 1. The highest BCUT2D eigenvalue weighted by molar-refractivity contribution is 5.93. The monoisotopic (exact) mass is 258 g/mol. The van der Waals surface area contributed by atoms with E-state index in [0.29, 0.717) is 6.01 Å². The summed E-state index contributed by atoms with van der Waals surface area (Å²) >= 11 is 0. The molecule has 2 heterocycles. The number of ether oxygens (including phenoxy) is 1. The molecule has 0 bridgehead atoms. The molecule has 1 aliphatic rings. The Labute approximate surface area is 112 Å². The van der Waals surface area contributed by atoms with Crippen LogP contribution in [0.5, 0.6) is 6.01 Å². The zero-order chi connectivity index (χ0) is 13.2. The predicted molar refractivity (Wildman–Crippen MR) is 75.9 cm³/mol. The third-order valence-corrected chi connectivity index (χ3v) is 3.55. The number of nitrogens with one attached hydrogen (secondary N) is 1. The molecule has 1 aromatic carbocycles. The third kappa shape index (κ3) is 2.21. The van der Waals surface area contributed by atoms with Gasteiger partial charge in [0.25, 0.3) is 0 Å². The first kappa shape index (κ1) is 12.2. The van der Waals surface area contributed by atoms with Gasteiger partial charge in [0.2, 0.25) is 0 Å². The number of methoxy groups -OCH3 is 1. The van der Waals surface area contributed by atoms with E-state index >= 15 is 0 Å². The van der Waals surface area contributed by atoms with E-state index in [0.717, 1.165) is 42.6 Å². The standard InChI is InChI=1S/C14H18N4O/c1-10-3-4-12(18-7-5-15-6-8-18)11-9-16-14(19-2)17-13(10)11/h3-4,9,15H,5-8H2,1-2H3. The first-order valence-corrected chi connectivity index (χ1v) is 6.55. The number of anilines is 1. The maximum absolute atomic E-state index is 5.12. The Balaban J connectivity index is 2.12. The van der Waals surface area contributed by atoms with Crippen molar-refractivity contribution in [3.63, 3.8) is 0 Å². The van der Waals surface area contributed by atoms with Crippen LogP contribution in [0.25, 0.3) is 10.9 Å². The Kier molecular flexibility index (Phi) is 3.21. The van der Waals surface area contributed by atoms with Crippen molar-refractivity contribution >= 4 is 16.6 Å². The zero-order valence-electron chi connectivity index (χ0n) is 11.3. The Bertz CT molecular complexity index is 593. The molecular formula is C14H18N4O. The molecule has 0 aliphatic carbocycles. The van der Waals surface area contributed by atoms with E-state index in [9.17, 15) is 0 Å². The maximum atomic E-state index is 5.12. The summed E-state index contributed by atoms with van der Waals surface area (Å²) in [6.07, 6.45) is 1.87. The van der Waals surface area contributed by atoms with E-state index in [4.69, 9.17) is 4.74 Å². The summed E-state index contributed by atoms with van der Waals surface area (Å²) in [4.78, 5) is 11.1. The molecule has 5 nitrogen and oxygen atoms in total. The lowest BCUT2D eigenvalue weighted by Gasteiger charge is -2.30. The van der Waals surface area contributed by atoms with Gasteiger partial charge in [-0.15, -0.1) is 0 Å². The molecule has 3 rings (SSSR count). The van der Waals surface area contributed by atoms with Crippen LogP contribution in [0.4, 0.5) is 5.69 Å². The molecule has 5 heteroatoms. The van der Waals surface area contributed by atoms with Crippen LogP contribution in [0.15, 0.2) is 18.3 Å². The molecule has 1 aromatic heterocycles. The van der Waals surface area contributed by atoms with Gasteiger partial charge in [-0.25, -0.2) is 4.98 Å². The molecular weight excluding hydrogens is 240 g/mol. The number of hydrogen-bond acceptors (Lipinski definition) is 5. The van der Waals surface area contributed by atoms with Crippen LogP contribution >= 0.6 is 0 Å². The van der Waals surface area contributed by atoms with Crippen molar-refractivity contribution in [3.8, 4) is 6.01 Å². The third-order valence-electron chi connectivity index (χ3n) is 3.55. The summed E-state index contributed by atoms with van der Waals surface area (Å²) in [7, 11) is 1.59. The van der Waals surface area contributed by atoms with Crippen LogP contribution in [0, 0.1) is 6.92 Å². The van der Waals surface area contributed by atoms with Crippen molar-refractivity contribution in [2.75, 3.05) is 38.2 Å². The van der Waals surface area contributed by atoms with Crippen LogP contribution < -0.4 is 15.0 Å². The fourth-order valence-electron chi connectivity index (χ4n) is 2.51. The number of aromatic nitrogens is 2. The second-order valence-corrected chi connectivity index (χ2v) is 4.76. The summed E-state index contributed by atoms with van der Waals surface area (Å²) in [5.74, 6) is 0. The molecule has 0 spiro atoms. The van der Waals surface area contributed by atoms with Gasteiger partial charge in [0.1, 0.15) is 0 Å². The number of fused-ring (bicyclic) bond motifs is 1. The predicted octanol–water partition coefficient (Wildman–Crippen LogP) is 1.36. The molecule has 0 saturated carbocycles. The van der Waals surface area contributed by atoms with Crippen LogP contribution in [0.1, 0.15) is 5.56 Å². The van der Waals surface area contributed by atoms with Crippen molar-refractivity contribution in [1.82, 2.24) is 15.3 Å². The minimum atomic E-state index is 0.424.